The lowest BCUT2D eigenvalue weighted by Crippen LogP contribution is -2.37. The number of rotatable bonds is 14. The molecule has 2 aromatic carbocycles. The van der Waals surface area contributed by atoms with Crippen LogP contribution in [-0.2, 0) is 81.9 Å². The zero-order valence-corrected chi connectivity index (χ0v) is 45.7. The van der Waals surface area contributed by atoms with Gasteiger partial charge in [0.25, 0.3) is 29.4 Å². The number of H-pyrrole nitrogens is 1. The van der Waals surface area contributed by atoms with Crippen LogP contribution in [0, 0.1) is 0 Å². The van der Waals surface area contributed by atoms with E-state index in [0.29, 0.717) is 37.6 Å². The predicted octanol–water partition coefficient (Wildman–Crippen LogP) is 8.65. The molecule has 3 N–H and O–H groups in total. The largest absolute Gasteiger partial charge is 0.359 e. The fourth-order valence-electron chi connectivity index (χ4n) is 12.5. The van der Waals surface area contributed by atoms with Crippen LogP contribution in [0.4, 0.5) is 23.3 Å². The van der Waals surface area contributed by atoms with Gasteiger partial charge in [0.05, 0.1) is 0 Å². The number of aromatic nitrogens is 6. The summed E-state index contributed by atoms with van der Waals surface area (Å²) in [5.74, 6) is 0.708. The molecular formula is C51H76ClN11O5S2Si. The highest BCUT2D eigenvalue weighted by Gasteiger charge is 2.38. The van der Waals surface area contributed by atoms with Crippen molar-refractivity contribution in [3.05, 3.63) is 56.6 Å². The van der Waals surface area contributed by atoms with Gasteiger partial charge in [-0.2, -0.15) is 14.3 Å². The summed E-state index contributed by atoms with van der Waals surface area (Å²) in [6.45, 7) is 13.6. The molecule has 4 fully saturated rings. The molecule has 8 aliphatic rings. The number of anilines is 4. The van der Waals surface area contributed by atoms with E-state index in [-0.39, 0.29) is 11.9 Å². The number of halogens is 1. The Kier molecular flexibility index (Phi) is 15.7. The van der Waals surface area contributed by atoms with E-state index in [9.17, 15) is 16.8 Å². The highest BCUT2D eigenvalue weighted by atomic mass is 35.7. The maximum atomic E-state index is 13.2. The number of nitrogens with zero attached hydrogens (tertiary/aromatic N) is 8. The zero-order chi connectivity index (χ0) is 49.3. The lowest BCUT2D eigenvalue weighted by atomic mass is 9.99. The van der Waals surface area contributed by atoms with Crippen molar-refractivity contribution in [1.82, 2.24) is 44.1 Å². The molecule has 16 nitrogen and oxygen atoms in total. The van der Waals surface area contributed by atoms with Gasteiger partial charge in [-0.1, -0.05) is 44.6 Å². The lowest BCUT2D eigenvalue weighted by Gasteiger charge is -2.23. The normalized spacial score (nSPS) is 21.5. The van der Waals surface area contributed by atoms with Crippen LogP contribution >= 0.6 is 10.7 Å². The third kappa shape index (κ3) is 11.8. The molecule has 3 aliphatic heterocycles. The van der Waals surface area contributed by atoms with Crippen LogP contribution < -0.4 is 10.6 Å². The Morgan fingerprint density at radius 2 is 1.18 bits per heavy atom. The van der Waals surface area contributed by atoms with Gasteiger partial charge in [-0.3, -0.25) is 4.90 Å². The molecule has 0 amide bonds. The van der Waals surface area contributed by atoms with Gasteiger partial charge in [-0.25, -0.2) is 26.6 Å². The van der Waals surface area contributed by atoms with E-state index < -0.39 is 32.3 Å². The van der Waals surface area contributed by atoms with E-state index >= 15 is 0 Å². The number of likely N-dealkylation sites (tertiary alicyclic amines) is 2. The van der Waals surface area contributed by atoms with Crippen LogP contribution in [-0.4, -0.2) is 127 Å². The molecule has 1 atom stereocenters. The quantitative estimate of drug-likeness (QED) is 0.0620. The Morgan fingerprint density at radius 1 is 0.662 bits per heavy atom. The third-order valence-electron chi connectivity index (χ3n) is 16.3. The lowest BCUT2D eigenvalue weighted by molar-refractivity contribution is 0.0792. The van der Waals surface area contributed by atoms with Gasteiger partial charge in [0.15, 0.2) is 0 Å². The van der Waals surface area contributed by atoms with Crippen molar-refractivity contribution in [2.24, 2.45) is 0 Å². The Balaban J connectivity index is 0.000000137. The third-order valence-corrected chi connectivity index (χ3v) is 20.7. The molecule has 20 heteroatoms. The molecular weight excluding hydrogens is 974 g/mol. The monoisotopic (exact) mass is 1050 g/mol. The number of aryl methyl sites for hydroxylation is 4. The first kappa shape index (κ1) is 51.1. The molecule has 0 spiro atoms. The average molecular weight is 1050 g/mol. The second-order valence-corrected chi connectivity index (χ2v) is 32.3. The van der Waals surface area contributed by atoms with Crippen molar-refractivity contribution in [2.75, 3.05) is 56.5 Å². The van der Waals surface area contributed by atoms with Gasteiger partial charge in [0, 0.05) is 61.9 Å². The van der Waals surface area contributed by atoms with Gasteiger partial charge in [0.1, 0.15) is 6.73 Å². The number of benzene rings is 2. The first-order chi connectivity index (χ1) is 34.2. The number of fused-ring (bicyclic) bond motifs is 4. The Morgan fingerprint density at radius 3 is 1.70 bits per heavy atom. The molecule has 71 heavy (non-hydrogen) atoms. The number of nitrogens with one attached hydrogen (secondary N) is 3. The first-order valence-corrected chi connectivity index (χ1v) is 34.4. The van der Waals surface area contributed by atoms with E-state index in [4.69, 9.17) is 15.4 Å². The molecule has 5 aliphatic carbocycles. The first-order valence-electron chi connectivity index (χ1n) is 26.9. The van der Waals surface area contributed by atoms with E-state index in [1.54, 1.807) is 4.31 Å². The predicted molar refractivity (Wildman–Crippen MR) is 282 cm³/mol. The van der Waals surface area contributed by atoms with Gasteiger partial charge in [-0.15, -0.1) is 10.2 Å². The molecule has 0 bridgehead atoms. The van der Waals surface area contributed by atoms with Crippen LogP contribution in [0.2, 0.25) is 25.7 Å². The summed E-state index contributed by atoms with van der Waals surface area (Å²) in [7, 11) is -3.39. The van der Waals surface area contributed by atoms with Crippen molar-refractivity contribution in [2.45, 2.75) is 190 Å². The highest BCUT2D eigenvalue weighted by molar-refractivity contribution is 8.13. The Hall–Kier alpha value is -3.43. The minimum absolute atomic E-state index is 0.0544. The topological polar surface area (TPSA) is 184 Å². The number of hydrogen-bond donors (Lipinski definition) is 3. The van der Waals surface area contributed by atoms with Gasteiger partial charge in [0.2, 0.25) is 11.9 Å². The minimum Gasteiger partial charge on any atom is -0.359 e. The van der Waals surface area contributed by atoms with Gasteiger partial charge >= 0.3 is 0 Å². The van der Waals surface area contributed by atoms with Crippen molar-refractivity contribution >= 4 is 61.1 Å². The number of aromatic amines is 1. The summed E-state index contributed by atoms with van der Waals surface area (Å²) in [4.78, 5) is 13.7. The minimum atomic E-state index is -4.03. The fraction of sp³-hybridized carbons (Fsp3) is 0.686. The maximum absolute atomic E-state index is 13.2. The van der Waals surface area contributed by atoms with E-state index in [1.165, 1.54) is 126 Å². The zero-order valence-electron chi connectivity index (χ0n) is 42.3. The van der Waals surface area contributed by atoms with E-state index in [1.807, 2.05) is 0 Å². The number of hydrogen-bond acceptors (Lipinski definition) is 13. The second kappa shape index (κ2) is 21.8. The SMILES string of the molecule is C1CCC(N2CCCC2)C1.C[Si](C)(C)CCOCn1nc(S(=O)(=O)Cl)nc1Nc1c2c(cc3c1CCC3)CCC2.O=S(=O)(c1nc(Nc2c3c(cc4c2CCC4)CCC3)n[nH]1)N1CCC(N2CCCC2)C1. The van der Waals surface area contributed by atoms with E-state index in [0.717, 1.165) is 107 Å². The van der Waals surface area contributed by atoms with Crippen molar-refractivity contribution in [3.63, 3.8) is 0 Å². The fourth-order valence-corrected chi connectivity index (χ4v) is 15.2. The summed E-state index contributed by atoms with van der Waals surface area (Å²) in [5, 5.41) is 17.4. The van der Waals surface area contributed by atoms with Gasteiger partial charge < -0.3 is 20.3 Å². The van der Waals surface area contributed by atoms with Crippen LogP contribution in [0.5, 0.6) is 0 Å². The Labute approximate surface area is 427 Å². The summed E-state index contributed by atoms with van der Waals surface area (Å²) >= 11 is 0. The maximum Gasteiger partial charge on any atom is 0.298 e. The van der Waals surface area contributed by atoms with Crippen molar-refractivity contribution in [3.8, 4) is 0 Å². The Bertz CT molecular complexity index is 2680. The molecule has 5 heterocycles. The van der Waals surface area contributed by atoms with Crippen LogP contribution in [0.25, 0.3) is 0 Å². The van der Waals surface area contributed by atoms with Crippen molar-refractivity contribution in [1.29, 1.82) is 0 Å². The van der Waals surface area contributed by atoms with Gasteiger partial charge in [-0.05, 0) is 199 Å². The summed E-state index contributed by atoms with van der Waals surface area (Å²) in [5.41, 5.74) is 13.2. The second-order valence-electron chi connectivity index (χ2n) is 22.4. The summed E-state index contributed by atoms with van der Waals surface area (Å²) < 4.78 is 58.9. The standard InChI is InChI=1S/C22H30N6O2S.C20H29ClN4O3SSi.C9H17N/c29-31(30,28-12-9-17(14-28)27-10-1-2-11-27)22-24-21(25-26-22)23-20-18-7-3-5-15(18)13-16-6-4-8-19(16)20;1-30(2,3)11-10-28-13-25-19(23-20(24-25)29(21,26)27)22-18-16-8-4-6-14(16)12-15-7-5-9-17(15)18;1-2-6-9(5-1)10-7-3-4-8-10/h13,17H,1-12,14H2,(H2,23,24,25,26);12H,4-11,13H2,1-3H3,(H,22,23,24);9H,1-8H2. The van der Waals surface area contributed by atoms with Crippen LogP contribution in [0.3, 0.4) is 0 Å². The number of ether oxygens (including phenoxy) is 1. The summed E-state index contributed by atoms with van der Waals surface area (Å²) in [6.07, 6.45) is 25.4. The molecule has 1 saturated carbocycles. The molecule has 4 aromatic rings. The highest BCUT2D eigenvalue weighted by Crippen LogP contribution is 2.41. The number of sulfonamides is 1. The molecule has 388 valence electrons. The van der Waals surface area contributed by atoms with E-state index in [2.05, 4.69) is 77.5 Å². The molecule has 0 radical (unpaired) electrons. The van der Waals surface area contributed by atoms with Crippen molar-refractivity contribution < 1.29 is 21.6 Å². The molecule has 2 aromatic heterocycles. The molecule has 3 saturated heterocycles. The average Bonchev–Trinajstić information content (AvgIpc) is 4.18. The molecule has 12 rings (SSSR count). The molecule has 1 unspecified atom stereocenters. The smallest absolute Gasteiger partial charge is 0.298 e. The van der Waals surface area contributed by atoms with Crippen LogP contribution in [0.1, 0.15) is 128 Å². The summed E-state index contributed by atoms with van der Waals surface area (Å²) in [6, 6.07) is 7.07. The van der Waals surface area contributed by atoms with Crippen LogP contribution in [0.15, 0.2) is 22.4 Å².